The summed E-state index contributed by atoms with van der Waals surface area (Å²) in [7, 11) is 0. The third kappa shape index (κ3) is 3.18. The van der Waals surface area contributed by atoms with Gasteiger partial charge in [-0.05, 0) is 44.5 Å². The zero-order valence-electron chi connectivity index (χ0n) is 16.8. The van der Waals surface area contributed by atoms with E-state index in [1.807, 2.05) is 64.1 Å². The third-order valence-electron chi connectivity index (χ3n) is 5.18. The second kappa shape index (κ2) is 7.16. The van der Waals surface area contributed by atoms with Crippen molar-refractivity contribution < 1.29 is 4.74 Å². The summed E-state index contributed by atoms with van der Waals surface area (Å²) in [4.78, 5) is 25.6. The van der Waals surface area contributed by atoms with Gasteiger partial charge in [0.2, 0.25) is 0 Å². The summed E-state index contributed by atoms with van der Waals surface area (Å²) >= 11 is 0. The number of H-pyrrole nitrogens is 4. The first-order valence-electron chi connectivity index (χ1n) is 9.61. The van der Waals surface area contributed by atoms with E-state index in [2.05, 4.69) is 20.4 Å². The number of hydrogen-bond acceptors (Lipinski definition) is 3. The van der Waals surface area contributed by atoms with Crippen molar-refractivity contribution >= 4 is 10.8 Å². The molecule has 0 radical (unpaired) electrons. The zero-order chi connectivity index (χ0) is 20.7. The molecule has 2 aromatic heterocycles. The summed E-state index contributed by atoms with van der Waals surface area (Å²) in [5.41, 5.74) is 2.67. The molecule has 4 rings (SSSR count). The smallest absolute Gasteiger partial charge is 0.268 e. The van der Waals surface area contributed by atoms with Crippen LogP contribution in [0.4, 0.5) is 0 Å². The van der Waals surface area contributed by atoms with E-state index in [-0.39, 0.29) is 17.2 Å². The first-order valence-corrected chi connectivity index (χ1v) is 9.61. The number of fused-ring (bicyclic) bond motifs is 1. The Morgan fingerprint density at radius 1 is 0.759 bits per heavy atom. The highest BCUT2D eigenvalue weighted by molar-refractivity contribution is 5.89. The van der Waals surface area contributed by atoms with Crippen molar-refractivity contribution in [2.75, 3.05) is 0 Å². The lowest BCUT2D eigenvalue weighted by Crippen LogP contribution is -2.21. The molecule has 0 amide bonds. The minimum absolute atomic E-state index is 0.0632. The second-order valence-corrected chi connectivity index (χ2v) is 7.53. The predicted molar refractivity (Wildman–Crippen MR) is 113 cm³/mol. The van der Waals surface area contributed by atoms with E-state index in [0.29, 0.717) is 28.3 Å². The molecule has 150 valence electrons. The Hall–Kier alpha value is -3.48. The molecular formula is C22H24N4O3. The van der Waals surface area contributed by atoms with E-state index in [1.165, 1.54) is 0 Å². The van der Waals surface area contributed by atoms with Crippen LogP contribution in [0.2, 0.25) is 0 Å². The Labute approximate surface area is 167 Å². The van der Waals surface area contributed by atoms with Gasteiger partial charge in [-0.25, -0.2) is 0 Å². The molecule has 4 aromatic rings. The number of aromatic nitrogens is 4. The summed E-state index contributed by atoms with van der Waals surface area (Å²) < 4.78 is 6.15. The summed E-state index contributed by atoms with van der Waals surface area (Å²) in [6, 6.07) is 11.8. The Kier molecular flexibility index (Phi) is 4.66. The van der Waals surface area contributed by atoms with Gasteiger partial charge in [-0.3, -0.25) is 19.8 Å². The average molecular weight is 392 g/mol. The minimum atomic E-state index is -0.597. The topological polar surface area (TPSA) is 107 Å². The highest BCUT2D eigenvalue weighted by atomic mass is 16.5. The van der Waals surface area contributed by atoms with Crippen LogP contribution in [-0.2, 0) is 0 Å². The van der Waals surface area contributed by atoms with Gasteiger partial charge in [0.05, 0.1) is 23.1 Å². The SMILES string of the molecule is Cc1[nH][nH]c(=O)c1C(c1c(C)[nH][nH]c1=O)c1c(OC(C)C)ccc2ccccc12. The average Bonchev–Trinajstić information content (AvgIpc) is 3.19. The van der Waals surface area contributed by atoms with E-state index in [9.17, 15) is 9.59 Å². The molecule has 0 saturated carbocycles. The van der Waals surface area contributed by atoms with Gasteiger partial charge in [-0.15, -0.1) is 0 Å². The number of aryl methyl sites for hydroxylation is 2. The van der Waals surface area contributed by atoms with Crippen LogP contribution < -0.4 is 15.9 Å². The van der Waals surface area contributed by atoms with Crippen LogP contribution in [0.1, 0.15) is 47.8 Å². The van der Waals surface area contributed by atoms with E-state index in [1.54, 1.807) is 0 Å². The van der Waals surface area contributed by atoms with Gasteiger partial charge in [-0.2, -0.15) is 0 Å². The van der Waals surface area contributed by atoms with Crippen LogP contribution in [0.3, 0.4) is 0 Å². The van der Waals surface area contributed by atoms with Crippen molar-refractivity contribution in [1.29, 1.82) is 0 Å². The first kappa shape index (κ1) is 18.9. The molecule has 0 aliphatic rings. The number of hydrogen-bond donors (Lipinski definition) is 4. The Morgan fingerprint density at radius 2 is 1.34 bits per heavy atom. The quantitative estimate of drug-likeness (QED) is 0.418. The standard InChI is InChI=1S/C22H24N4O3/c1-11(2)29-16-10-9-14-7-5-6-8-15(14)19(16)20(17-12(3)23-25-21(17)27)18-13(4)24-26-22(18)28/h5-11,20H,1-4H3,(H2,23,25,27)(H2,24,26,28). The van der Waals surface area contributed by atoms with Crippen molar-refractivity contribution in [3.05, 3.63) is 85.2 Å². The van der Waals surface area contributed by atoms with Crippen LogP contribution in [0.5, 0.6) is 5.75 Å². The van der Waals surface area contributed by atoms with Crippen molar-refractivity contribution in [3.63, 3.8) is 0 Å². The monoisotopic (exact) mass is 392 g/mol. The highest BCUT2D eigenvalue weighted by Crippen LogP contribution is 2.41. The van der Waals surface area contributed by atoms with Gasteiger partial charge in [-0.1, -0.05) is 30.3 Å². The van der Waals surface area contributed by atoms with Crippen molar-refractivity contribution in [2.24, 2.45) is 0 Å². The van der Waals surface area contributed by atoms with Crippen molar-refractivity contribution in [2.45, 2.75) is 39.7 Å². The highest BCUT2D eigenvalue weighted by Gasteiger charge is 2.32. The van der Waals surface area contributed by atoms with Gasteiger partial charge in [0.25, 0.3) is 11.1 Å². The number of ether oxygens (including phenoxy) is 1. The number of nitrogens with one attached hydrogen (secondary N) is 4. The van der Waals surface area contributed by atoms with E-state index < -0.39 is 5.92 Å². The Balaban J connectivity index is 2.15. The lowest BCUT2D eigenvalue weighted by Gasteiger charge is -2.23. The lowest BCUT2D eigenvalue weighted by molar-refractivity contribution is 0.240. The summed E-state index contributed by atoms with van der Waals surface area (Å²) in [6.45, 7) is 7.56. The van der Waals surface area contributed by atoms with Crippen LogP contribution in [0, 0.1) is 13.8 Å². The number of benzene rings is 2. The maximum atomic E-state index is 12.8. The van der Waals surface area contributed by atoms with E-state index in [0.717, 1.165) is 16.3 Å². The molecule has 7 heteroatoms. The molecule has 7 nitrogen and oxygen atoms in total. The van der Waals surface area contributed by atoms with Crippen molar-refractivity contribution in [3.8, 4) is 5.75 Å². The molecule has 0 atom stereocenters. The van der Waals surface area contributed by atoms with E-state index >= 15 is 0 Å². The molecule has 0 unspecified atom stereocenters. The largest absolute Gasteiger partial charge is 0.491 e. The first-order chi connectivity index (χ1) is 13.9. The van der Waals surface area contributed by atoms with Gasteiger partial charge < -0.3 is 14.9 Å². The molecule has 29 heavy (non-hydrogen) atoms. The zero-order valence-corrected chi connectivity index (χ0v) is 16.8. The summed E-state index contributed by atoms with van der Waals surface area (Å²) in [5.74, 6) is 0.0588. The fourth-order valence-corrected chi connectivity index (χ4v) is 3.97. The Morgan fingerprint density at radius 3 is 1.86 bits per heavy atom. The Bertz CT molecular complexity index is 1240. The van der Waals surface area contributed by atoms with E-state index in [4.69, 9.17) is 4.74 Å². The van der Waals surface area contributed by atoms with Gasteiger partial charge in [0.1, 0.15) is 5.75 Å². The fraction of sp³-hybridized carbons (Fsp3) is 0.273. The summed E-state index contributed by atoms with van der Waals surface area (Å²) in [6.07, 6.45) is -0.0632. The molecule has 0 saturated heterocycles. The van der Waals surface area contributed by atoms with Crippen LogP contribution >= 0.6 is 0 Å². The second-order valence-electron chi connectivity index (χ2n) is 7.53. The molecule has 2 heterocycles. The lowest BCUT2D eigenvalue weighted by atomic mass is 9.82. The molecule has 0 aliphatic heterocycles. The molecule has 0 spiro atoms. The minimum Gasteiger partial charge on any atom is -0.491 e. The molecule has 0 aliphatic carbocycles. The molecule has 0 fully saturated rings. The maximum absolute atomic E-state index is 12.8. The van der Waals surface area contributed by atoms with Crippen molar-refractivity contribution in [1.82, 2.24) is 20.4 Å². The normalized spacial score (nSPS) is 11.7. The van der Waals surface area contributed by atoms with Crippen LogP contribution in [-0.4, -0.2) is 26.5 Å². The van der Waals surface area contributed by atoms with Gasteiger partial charge in [0.15, 0.2) is 0 Å². The molecule has 0 bridgehead atoms. The molecule has 4 N–H and O–H groups in total. The van der Waals surface area contributed by atoms with Crippen LogP contribution in [0.15, 0.2) is 46.0 Å². The molecular weight excluding hydrogens is 368 g/mol. The number of rotatable bonds is 5. The number of aromatic amines is 4. The van der Waals surface area contributed by atoms with Crippen LogP contribution in [0.25, 0.3) is 10.8 Å². The van der Waals surface area contributed by atoms with Gasteiger partial charge >= 0.3 is 0 Å². The maximum Gasteiger partial charge on any atom is 0.268 e. The molecule has 2 aromatic carbocycles. The third-order valence-corrected chi connectivity index (χ3v) is 5.18. The fourth-order valence-electron chi connectivity index (χ4n) is 3.97. The van der Waals surface area contributed by atoms with Gasteiger partial charge in [0, 0.05) is 17.0 Å². The predicted octanol–water partition coefficient (Wildman–Crippen LogP) is 3.46. The summed E-state index contributed by atoms with van der Waals surface area (Å²) in [5, 5.41) is 13.0.